The fraction of sp³-hybridized carbons (Fsp3) is 0.333. The highest BCUT2D eigenvalue weighted by atomic mass is 16.5. The molecular formula is C18H21NO2. The summed E-state index contributed by atoms with van der Waals surface area (Å²) >= 11 is 0. The topological polar surface area (TPSA) is 21.7 Å². The number of ether oxygens (including phenoxy) is 2. The van der Waals surface area contributed by atoms with Crippen molar-refractivity contribution in [3.8, 4) is 5.75 Å². The summed E-state index contributed by atoms with van der Waals surface area (Å²) in [6.45, 7) is 3.60. The zero-order valence-electron chi connectivity index (χ0n) is 12.4. The van der Waals surface area contributed by atoms with E-state index in [1.165, 1.54) is 16.8 Å². The van der Waals surface area contributed by atoms with Gasteiger partial charge in [-0.15, -0.1) is 0 Å². The second-order valence-corrected chi connectivity index (χ2v) is 5.25. The number of hydrogen-bond acceptors (Lipinski definition) is 3. The monoisotopic (exact) mass is 283 g/mol. The summed E-state index contributed by atoms with van der Waals surface area (Å²) in [5.74, 6) is 0.953. The molecule has 1 heterocycles. The first kappa shape index (κ1) is 14.0. The highest BCUT2D eigenvalue weighted by molar-refractivity contribution is 5.49. The predicted octanol–water partition coefficient (Wildman–Crippen LogP) is 3.12. The lowest BCUT2D eigenvalue weighted by molar-refractivity contribution is 0.122. The zero-order chi connectivity index (χ0) is 14.5. The fourth-order valence-corrected chi connectivity index (χ4v) is 2.72. The third kappa shape index (κ3) is 3.37. The van der Waals surface area contributed by atoms with Gasteiger partial charge in [-0.05, 0) is 29.3 Å². The van der Waals surface area contributed by atoms with Crippen LogP contribution in [0.2, 0.25) is 0 Å². The Morgan fingerprint density at radius 1 is 1.00 bits per heavy atom. The number of para-hydroxylation sites is 1. The molecule has 3 rings (SSSR count). The van der Waals surface area contributed by atoms with Crippen LogP contribution in [0.15, 0.2) is 48.5 Å². The average Bonchev–Trinajstić information content (AvgIpc) is 2.57. The molecule has 0 N–H and O–H groups in total. The highest BCUT2D eigenvalue weighted by Crippen LogP contribution is 2.23. The maximum absolute atomic E-state index is 5.41. The van der Waals surface area contributed by atoms with E-state index >= 15 is 0 Å². The van der Waals surface area contributed by atoms with E-state index in [0.29, 0.717) is 0 Å². The molecule has 1 fully saturated rings. The minimum Gasteiger partial charge on any atom is -0.496 e. The van der Waals surface area contributed by atoms with E-state index in [-0.39, 0.29) is 0 Å². The van der Waals surface area contributed by atoms with Crippen LogP contribution in [0, 0.1) is 0 Å². The number of rotatable bonds is 4. The molecule has 0 saturated carbocycles. The predicted molar refractivity (Wildman–Crippen MR) is 85.3 cm³/mol. The molecule has 21 heavy (non-hydrogen) atoms. The minimum absolute atomic E-state index is 0.822. The van der Waals surface area contributed by atoms with E-state index in [2.05, 4.69) is 41.3 Å². The summed E-state index contributed by atoms with van der Waals surface area (Å²) in [6, 6.07) is 17.0. The average molecular weight is 283 g/mol. The van der Waals surface area contributed by atoms with E-state index in [9.17, 15) is 0 Å². The van der Waals surface area contributed by atoms with Gasteiger partial charge in [0.25, 0.3) is 0 Å². The standard InChI is InChI=1S/C18H21NO2/c1-20-18-5-3-2-4-16(18)14-15-6-8-17(9-7-15)19-10-12-21-13-11-19/h2-9H,10-14H2,1H3. The van der Waals surface area contributed by atoms with E-state index in [1.807, 2.05) is 12.1 Å². The van der Waals surface area contributed by atoms with Crippen LogP contribution in [0.4, 0.5) is 5.69 Å². The number of hydrogen-bond donors (Lipinski definition) is 0. The van der Waals surface area contributed by atoms with E-state index in [1.54, 1.807) is 7.11 Å². The minimum atomic E-state index is 0.822. The van der Waals surface area contributed by atoms with Gasteiger partial charge in [-0.2, -0.15) is 0 Å². The summed E-state index contributed by atoms with van der Waals surface area (Å²) in [5, 5.41) is 0. The molecule has 0 unspecified atom stereocenters. The van der Waals surface area contributed by atoms with Crippen molar-refractivity contribution in [2.45, 2.75) is 6.42 Å². The lowest BCUT2D eigenvalue weighted by atomic mass is 10.0. The number of benzene rings is 2. The Labute approximate surface area is 126 Å². The normalized spacial score (nSPS) is 15.0. The molecule has 0 aliphatic carbocycles. The van der Waals surface area contributed by atoms with Crippen LogP contribution in [0.5, 0.6) is 5.75 Å². The van der Waals surface area contributed by atoms with E-state index in [4.69, 9.17) is 9.47 Å². The van der Waals surface area contributed by atoms with Crippen molar-refractivity contribution in [1.82, 2.24) is 0 Å². The number of nitrogens with zero attached hydrogens (tertiary/aromatic N) is 1. The number of anilines is 1. The molecule has 0 spiro atoms. The maximum atomic E-state index is 5.41. The molecule has 1 saturated heterocycles. The molecule has 0 radical (unpaired) electrons. The van der Waals surface area contributed by atoms with Gasteiger partial charge in [-0.1, -0.05) is 30.3 Å². The Balaban J connectivity index is 1.72. The number of methoxy groups -OCH3 is 1. The third-order valence-electron chi connectivity index (χ3n) is 3.90. The van der Waals surface area contributed by atoms with Gasteiger partial charge < -0.3 is 14.4 Å². The molecule has 0 atom stereocenters. The van der Waals surface area contributed by atoms with Crippen molar-refractivity contribution in [1.29, 1.82) is 0 Å². The summed E-state index contributed by atoms with van der Waals surface area (Å²) < 4.78 is 10.8. The summed E-state index contributed by atoms with van der Waals surface area (Å²) in [5.41, 5.74) is 3.80. The second kappa shape index (κ2) is 6.64. The van der Waals surface area contributed by atoms with Gasteiger partial charge in [0, 0.05) is 25.2 Å². The first-order valence-corrected chi connectivity index (χ1v) is 7.40. The molecule has 3 nitrogen and oxygen atoms in total. The lowest BCUT2D eigenvalue weighted by Gasteiger charge is -2.28. The molecule has 1 aliphatic heterocycles. The molecule has 0 bridgehead atoms. The Kier molecular flexibility index (Phi) is 4.41. The van der Waals surface area contributed by atoms with Gasteiger partial charge in [0.1, 0.15) is 5.75 Å². The summed E-state index contributed by atoms with van der Waals surface area (Å²) in [4.78, 5) is 2.37. The quantitative estimate of drug-likeness (QED) is 0.860. The van der Waals surface area contributed by atoms with Gasteiger partial charge in [0.05, 0.1) is 20.3 Å². The van der Waals surface area contributed by atoms with Crippen molar-refractivity contribution in [3.05, 3.63) is 59.7 Å². The fourth-order valence-electron chi connectivity index (χ4n) is 2.72. The smallest absolute Gasteiger partial charge is 0.122 e. The summed E-state index contributed by atoms with van der Waals surface area (Å²) in [7, 11) is 1.72. The SMILES string of the molecule is COc1ccccc1Cc1ccc(N2CCOCC2)cc1. The van der Waals surface area contributed by atoms with Gasteiger partial charge >= 0.3 is 0 Å². The van der Waals surface area contributed by atoms with Crippen LogP contribution < -0.4 is 9.64 Å². The zero-order valence-corrected chi connectivity index (χ0v) is 12.4. The highest BCUT2D eigenvalue weighted by Gasteiger charge is 2.11. The Morgan fingerprint density at radius 2 is 1.71 bits per heavy atom. The van der Waals surface area contributed by atoms with Crippen LogP contribution in [0.3, 0.4) is 0 Å². The Morgan fingerprint density at radius 3 is 2.43 bits per heavy atom. The molecular weight excluding hydrogens is 262 g/mol. The van der Waals surface area contributed by atoms with Crippen molar-refractivity contribution < 1.29 is 9.47 Å². The lowest BCUT2D eigenvalue weighted by Crippen LogP contribution is -2.36. The molecule has 2 aromatic rings. The summed E-state index contributed by atoms with van der Waals surface area (Å²) in [6.07, 6.45) is 0.896. The van der Waals surface area contributed by atoms with Crippen molar-refractivity contribution in [2.75, 3.05) is 38.3 Å². The largest absolute Gasteiger partial charge is 0.496 e. The van der Waals surface area contributed by atoms with E-state index in [0.717, 1.165) is 38.5 Å². The Hall–Kier alpha value is -2.00. The van der Waals surface area contributed by atoms with E-state index < -0.39 is 0 Å². The van der Waals surface area contributed by atoms with Crippen LogP contribution in [0.25, 0.3) is 0 Å². The molecule has 0 aromatic heterocycles. The molecule has 2 aromatic carbocycles. The van der Waals surface area contributed by atoms with Crippen molar-refractivity contribution >= 4 is 5.69 Å². The van der Waals surface area contributed by atoms with Crippen LogP contribution in [0.1, 0.15) is 11.1 Å². The van der Waals surface area contributed by atoms with Crippen molar-refractivity contribution in [3.63, 3.8) is 0 Å². The second-order valence-electron chi connectivity index (χ2n) is 5.25. The molecule has 3 heteroatoms. The first-order chi connectivity index (χ1) is 10.4. The van der Waals surface area contributed by atoms with Gasteiger partial charge in [0.2, 0.25) is 0 Å². The number of morpholine rings is 1. The van der Waals surface area contributed by atoms with Gasteiger partial charge in [-0.25, -0.2) is 0 Å². The van der Waals surface area contributed by atoms with Crippen LogP contribution >= 0.6 is 0 Å². The van der Waals surface area contributed by atoms with Gasteiger partial charge in [-0.3, -0.25) is 0 Å². The Bertz CT molecular complexity index is 574. The molecule has 110 valence electrons. The molecule has 0 amide bonds. The van der Waals surface area contributed by atoms with Crippen LogP contribution in [-0.2, 0) is 11.2 Å². The maximum Gasteiger partial charge on any atom is 0.122 e. The van der Waals surface area contributed by atoms with Crippen molar-refractivity contribution in [2.24, 2.45) is 0 Å². The van der Waals surface area contributed by atoms with Gasteiger partial charge in [0.15, 0.2) is 0 Å². The third-order valence-corrected chi connectivity index (χ3v) is 3.90. The molecule has 1 aliphatic rings. The van der Waals surface area contributed by atoms with Crippen LogP contribution in [-0.4, -0.2) is 33.4 Å². The first-order valence-electron chi connectivity index (χ1n) is 7.40.